The fraction of sp³-hybridized carbons (Fsp3) is 0.458. The molecule has 0 bridgehead atoms. The Hall–Kier alpha value is -3.16. The summed E-state index contributed by atoms with van der Waals surface area (Å²) in [5.74, 6) is -1.92. The minimum Gasteiger partial charge on any atom is -0.503 e. The second-order valence-corrected chi connectivity index (χ2v) is 8.12. The minimum absolute atomic E-state index is 0.123. The predicted molar refractivity (Wildman–Crippen MR) is 116 cm³/mol. The van der Waals surface area contributed by atoms with Crippen LogP contribution < -0.4 is 9.47 Å². The first-order chi connectivity index (χ1) is 15.1. The third-order valence-corrected chi connectivity index (χ3v) is 4.88. The summed E-state index contributed by atoms with van der Waals surface area (Å²) in [4.78, 5) is 29.1. The van der Waals surface area contributed by atoms with Gasteiger partial charge in [-0.1, -0.05) is 26.8 Å². The molecule has 1 aromatic carbocycles. The average Bonchev–Trinajstić information content (AvgIpc) is 2.72. The summed E-state index contributed by atoms with van der Waals surface area (Å²) in [6.07, 6.45) is 0.609. The molecule has 1 heterocycles. The maximum absolute atomic E-state index is 13.5. The highest BCUT2D eigenvalue weighted by Gasteiger charge is 2.28. The highest BCUT2D eigenvalue weighted by Crippen LogP contribution is 2.29. The van der Waals surface area contributed by atoms with Gasteiger partial charge in [-0.15, -0.1) is 0 Å². The molecular weight excluding hydrogens is 417 g/mol. The quantitative estimate of drug-likeness (QED) is 0.398. The summed E-state index contributed by atoms with van der Waals surface area (Å²) >= 11 is 0. The van der Waals surface area contributed by atoms with Gasteiger partial charge in [-0.05, 0) is 31.4 Å². The molecule has 0 aliphatic rings. The first-order valence-electron chi connectivity index (χ1n) is 10.5. The van der Waals surface area contributed by atoms with Crippen LogP contribution in [0.1, 0.15) is 51.0 Å². The molecule has 0 fully saturated rings. The molecule has 0 amide bonds. The van der Waals surface area contributed by atoms with E-state index in [4.69, 9.17) is 14.2 Å². The Kier molecular flexibility index (Phi) is 8.99. The molecule has 0 aliphatic carbocycles. The van der Waals surface area contributed by atoms with E-state index in [2.05, 4.69) is 4.98 Å². The van der Waals surface area contributed by atoms with E-state index in [1.165, 1.54) is 31.5 Å². The monoisotopic (exact) mass is 447 g/mol. The number of hydrogen-bond acceptors (Lipinski definition) is 7. The van der Waals surface area contributed by atoms with Gasteiger partial charge in [0.05, 0.1) is 13.0 Å². The smallest absolute Gasteiger partial charge is 0.309 e. The number of benzene rings is 1. The molecule has 1 N–H and O–H groups in total. The molecule has 0 aliphatic heterocycles. The Balaban J connectivity index is 2.03. The van der Waals surface area contributed by atoms with E-state index >= 15 is 0 Å². The van der Waals surface area contributed by atoms with Crippen LogP contribution in [-0.2, 0) is 9.53 Å². The number of pyridine rings is 1. The summed E-state index contributed by atoms with van der Waals surface area (Å²) in [7, 11) is 1.37. The Morgan fingerprint density at radius 1 is 1.16 bits per heavy atom. The average molecular weight is 448 g/mol. The van der Waals surface area contributed by atoms with Crippen LogP contribution in [0.3, 0.4) is 0 Å². The number of rotatable bonds is 11. The van der Waals surface area contributed by atoms with Crippen LogP contribution in [0.25, 0.3) is 0 Å². The molecule has 0 unspecified atom stereocenters. The van der Waals surface area contributed by atoms with E-state index < -0.39 is 35.7 Å². The number of aromatic nitrogens is 1. The van der Waals surface area contributed by atoms with Gasteiger partial charge in [-0.2, -0.15) is 0 Å². The largest absolute Gasteiger partial charge is 0.503 e. The van der Waals surface area contributed by atoms with Gasteiger partial charge < -0.3 is 19.3 Å². The number of halogens is 1. The Bertz CT molecular complexity index is 932. The van der Waals surface area contributed by atoms with Crippen LogP contribution in [0.2, 0.25) is 0 Å². The van der Waals surface area contributed by atoms with Crippen molar-refractivity contribution in [2.45, 2.75) is 52.7 Å². The lowest BCUT2D eigenvalue weighted by Crippen LogP contribution is -2.36. The van der Waals surface area contributed by atoms with E-state index in [0.717, 1.165) is 0 Å². The Morgan fingerprint density at radius 2 is 1.88 bits per heavy atom. The lowest BCUT2D eigenvalue weighted by atomic mass is 10.0. The van der Waals surface area contributed by atoms with Crippen molar-refractivity contribution in [3.8, 4) is 17.2 Å². The lowest BCUT2D eigenvalue weighted by molar-refractivity contribution is -0.157. The molecule has 7 nitrogen and oxygen atoms in total. The highest BCUT2D eigenvalue weighted by molar-refractivity contribution is 5.99. The molecule has 32 heavy (non-hydrogen) atoms. The van der Waals surface area contributed by atoms with Crippen molar-refractivity contribution < 1.29 is 33.3 Å². The van der Waals surface area contributed by atoms with Crippen molar-refractivity contribution >= 4 is 11.8 Å². The number of carbonyl (C=O) groups is 2. The lowest BCUT2D eigenvalue weighted by Gasteiger charge is -2.27. The van der Waals surface area contributed by atoms with Gasteiger partial charge in [-0.3, -0.25) is 9.59 Å². The third kappa shape index (κ3) is 6.93. The topological polar surface area (TPSA) is 95.0 Å². The van der Waals surface area contributed by atoms with Crippen LogP contribution >= 0.6 is 0 Å². The summed E-state index contributed by atoms with van der Waals surface area (Å²) in [5, 5.41) is 10.1. The molecule has 0 saturated carbocycles. The molecule has 0 radical (unpaired) electrons. The first-order valence-corrected chi connectivity index (χ1v) is 10.5. The van der Waals surface area contributed by atoms with Crippen molar-refractivity contribution in [1.82, 2.24) is 4.98 Å². The van der Waals surface area contributed by atoms with E-state index in [0.29, 0.717) is 12.2 Å². The van der Waals surface area contributed by atoms with Gasteiger partial charge >= 0.3 is 5.97 Å². The highest BCUT2D eigenvalue weighted by atomic mass is 19.1. The second kappa shape index (κ2) is 11.5. The maximum Gasteiger partial charge on any atom is 0.309 e. The van der Waals surface area contributed by atoms with E-state index in [-0.39, 0.29) is 29.5 Å². The zero-order chi connectivity index (χ0) is 23.8. The molecule has 0 saturated heterocycles. The molecule has 0 spiro atoms. The fourth-order valence-corrected chi connectivity index (χ4v) is 3.15. The molecule has 2 rings (SSSR count). The van der Waals surface area contributed by atoms with Crippen molar-refractivity contribution in [3.63, 3.8) is 0 Å². The van der Waals surface area contributed by atoms with Crippen LogP contribution in [0.5, 0.6) is 17.2 Å². The van der Waals surface area contributed by atoms with Crippen LogP contribution in [-0.4, -0.2) is 41.2 Å². The Morgan fingerprint density at radius 3 is 2.50 bits per heavy atom. The summed E-state index contributed by atoms with van der Waals surface area (Å²) in [5.41, 5.74) is -0.163. The maximum atomic E-state index is 13.5. The number of esters is 1. The first kappa shape index (κ1) is 25.1. The number of nitrogens with zero attached hydrogens (tertiary/aromatic N) is 1. The number of ether oxygens (including phenoxy) is 3. The number of ketones is 1. The van der Waals surface area contributed by atoms with Gasteiger partial charge in [0.2, 0.25) is 0 Å². The van der Waals surface area contributed by atoms with Crippen molar-refractivity contribution in [2.75, 3.05) is 7.11 Å². The van der Waals surface area contributed by atoms with Gasteiger partial charge in [-0.25, -0.2) is 9.37 Å². The number of aromatic hydroxyl groups is 1. The normalized spacial score (nSPS) is 13.8. The third-order valence-electron chi connectivity index (χ3n) is 4.88. The van der Waals surface area contributed by atoms with Crippen LogP contribution in [0.4, 0.5) is 4.39 Å². The zero-order valence-corrected chi connectivity index (χ0v) is 19.0. The molecule has 1 aromatic heterocycles. The second-order valence-electron chi connectivity index (χ2n) is 8.12. The van der Waals surface area contributed by atoms with Crippen molar-refractivity contribution in [3.05, 3.63) is 48.0 Å². The van der Waals surface area contributed by atoms with Gasteiger partial charge in [0.25, 0.3) is 0 Å². The number of carbonyl (C=O) groups excluding carboxylic acids is 2. The fourth-order valence-electron chi connectivity index (χ4n) is 3.15. The number of Topliss-reactive ketones (excluding diaryl/α,β-unsaturated/α-hetero) is 1. The predicted octanol–water partition coefficient (Wildman–Crippen LogP) is 4.57. The molecular formula is C24H30FNO6. The van der Waals surface area contributed by atoms with Crippen LogP contribution in [0, 0.1) is 17.7 Å². The number of hydrogen-bond donors (Lipinski definition) is 1. The molecule has 174 valence electrons. The van der Waals surface area contributed by atoms with Gasteiger partial charge in [0, 0.05) is 24.8 Å². The standard InChI is InChI=1S/C24H30FNO6/c1-14(2)11-21(32-18-8-6-7-17(25)13-18)16(4)31-24(29)15(3)12-19(27)22-23(28)20(30-5)9-10-26-22/h6-10,13-16,21,28H,11-12H2,1-5H3/t15-,16+,21-/m1/s1. The van der Waals surface area contributed by atoms with Crippen LogP contribution in [0.15, 0.2) is 36.5 Å². The zero-order valence-electron chi connectivity index (χ0n) is 19.0. The summed E-state index contributed by atoms with van der Waals surface area (Å²) in [6, 6.07) is 7.21. The molecule has 3 atom stereocenters. The van der Waals surface area contributed by atoms with Crippen molar-refractivity contribution in [2.24, 2.45) is 11.8 Å². The summed E-state index contributed by atoms with van der Waals surface area (Å²) in [6.45, 7) is 7.28. The minimum atomic E-state index is -0.772. The number of methoxy groups -OCH3 is 1. The molecule has 8 heteroatoms. The van der Waals surface area contributed by atoms with Crippen molar-refractivity contribution in [1.29, 1.82) is 0 Å². The van der Waals surface area contributed by atoms with E-state index in [1.807, 2.05) is 13.8 Å². The van der Waals surface area contributed by atoms with Gasteiger partial charge in [0.1, 0.15) is 23.8 Å². The van der Waals surface area contributed by atoms with E-state index in [9.17, 15) is 19.1 Å². The SMILES string of the molecule is COc1ccnc(C(=O)C[C@@H](C)C(=O)O[C@@H](C)[C@@H](CC(C)C)Oc2cccc(F)c2)c1O. The molecule has 2 aromatic rings. The van der Waals surface area contributed by atoms with E-state index in [1.54, 1.807) is 26.0 Å². The summed E-state index contributed by atoms with van der Waals surface area (Å²) < 4.78 is 30.0. The van der Waals surface area contributed by atoms with Gasteiger partial charge in [0.15, 0.2) is 23.0 Å². The Labute approximate surface area is 187 Å².